The molecule has 1 aliphatic heterocycles. The van der Waals surface area contributed by atoms with Crippen LogP contribution in [0.4, 0.5) is 11.5 Å². The number of anilines is 2. The summed E-state index contributed by atoms with van der Waals surface area (Å²) < 4.78 is 0. The summed E-state index contributed by atoms with van der Waals surface area (Å²) in [5.41, 5.74) is 5.80. The molecule has 3 heterocycles. The first-order valence-electron chi connectivity index (χ1n) is 9.09. The lowest BCUT2D eigenvalue weighted by Gasteiger charge is -2.12. The maximum absolute atomic E-state index is 10.8. The van der Waals surface area contributed by atoms with Gasteiger partial charge in [-0.1, -0.05) is 48.0 Å². The fourth-order valence-corrected chi connectivity index (χ4v) is 3.79. The second kappa shape index (κ2) is 6.22. The number of nitrogens with one attached hydrogen (secondary N) is 2. The Hall–Kier alpha value is -2.63. The SMILES string of the molecule is Cc1[nH]c(C2CC2)c2c1Nc1nc(ncc1Cl)-c1ccccc1C(O)C=C2. The number of nitrogens with zero attached hydrogens (tertiary/aromatic N) is 2. The van der Waals surface area contributed by atoms with Crippen LogP contribution in [-0.2, 0) is 0 Å². The van der Waals surface area contributed by atoms with E-state index in [0.717, 1.165) is 28.1 Å². The number of halogens is 1. The number of benzene rings is 1. The minimum absolute atomic E-state index is 0.458. The van der Waals surface area contributed by atoms with Crippen LogP contribution >= 0.6 is 11.6 Å². The van der Waals surface area contributed by atoms with Gasteiger partial charge in [0.05, 0.1) is 18.0 Å². The summed E-state index contributed by atoms with van der Waals surface area (Å²) >= 11 is 6.38. The van der Waals surface area contributed by atoms with Crippen LogP contribution in [0.25, 0.3) is 17.5 Å². The lowest BCUT2D eigenvalue weighted by atomic mass is 10.0. The van der Waals surface area contributed by atoms with Crippen molar-refractivity contribution in [3.63, 3.8) is 0 Å². The predicted octanol–water partition coefficient (Wildman–Crippen LogP) is 5.11. The number of H-pyrrole nitrogens is 1. The number of aryl methyl sites for hydroxylation is 1. The van der Waals surface area contributed by atoms with Crippen LogP contribution in [0.2, 0.25) is 5.02 Å². The van der Waals surface area contributed by atoms with Gasteiger partial charge >= 0.3 is 0 Å². The first-order chi connectivity index (χ1) is 13.1. The standard InChI is InChI=1S/C21H19ClN4O/c1-11-18-15(19(24-11)12-6-7-12)8-9-17(27)13-4-2-3-5-14(13)20-23-10-16(22)21(25-18)26-20/h2-5,8-10,12,17,24,27H,6-7H2,1H3,(H,23,25,26). The second-order valence-corrected chi connectivity index (χ2v) is 7.54. The van der Waals surface area contributed by atoms with E-state index in [1.807, 2.05) is 43.3 Å². The average molecular weight is 379 g/mol. The van der Waals surface area contributed by atoms with Crippen LogP contribution in [0.15, 0.2) is 36.5 Å². The van der Waals surface area contributed by atoms with E-state index >= 15 is 0 Å². The van der Waals surface area contributed by atoms with Gasteiger partial charge in [0.25, 0.3) is 0 Å². The van der Waals surface area contributed by atoms with Crippen LogP contribution in [0.5, 0.6) is 0 Å². The van der Waals surface area contributed by atoms with Crippen LogP contribution in [0, 0.1) is 6.92 Å². The maximum atomic E-state index is 10.8. The van der Waals surface area contributed by atoms with Crippen molar-refractivity contribution >= 4 is 29.2 Å². The highest BCUT2D eigenvalue weighted by molar-refractivity contribution is 6.33. The second-order valence-electron chi connectivity index (χ2n) is 7.13. The zero-order valence-electron chi connectivity index (χ0n) is 14.8. The minimum Gasteiger partial charge on any atom is -0.384 e. The number of fused-ring (bicyclic) bond motifs is 5. The lowest BCUT2D eigenvalue weighted by molar-refractivity contribution is 0.230. The smallest absolute Gasteiger partial charge is 0.162 e. The molecule has 1 saturated carbocycles. The Kier molecular flexibility index (Phi) is 3.81. The van der Waals surface area contributed by atoms with E-state index in [0.29, 0.717) is 22.6 Å². The van der Waals surface area contributed by atoms with Crippen LogP contribution in [0.3, 0.4) is 0 Å². The molecular weight excluding hydrogens is 360 g/mol. The topological polar surface area (TPSA) is 73.8 Å². The first-order valence-corrected chi connectivity index (χ1v) is 9.47. The van der Waals surface area contributed by atoms with Crippen molar-refractivity contribution in [2.75, 3.05) is 5.32 Å². The van der Waals surface area contributed by atoms with Crippen LogP contribution in [-0.4, -0.2) is 20.1 Å². The molecule has 1 atom stereocenters. The largest absolute Gasteiger partial charge is 0.384 e. The van der Waals surface area contributed by atoms with Crippen molar-refractivity contribution in [2.45, 2.75) is 31.8 Å². The fraction of sp³-hybridized carbons (Fsp3) is 0.238. The number of aliphatic hydroxyl groups excluding tert-OH is 1. The van der Waals surface area contributed by atoms with Gasteiger partial charge in [-0.05, 0) is 31.2 Å². The average Bonchev–Trinajstić information content (AvgIpc) is 3.47. The Morgan fingerprint density at radius 1 is 1.22 bits per heavy atom. The third-order valence-electron chi connectivity index (χ3n) is 5.20. The molecule has 1 aliphatic carbocycles. The van der Waals surface area contributed by atoms with Gasteiger partial charge in [0.15, 0.2) is 11.6 Å². The van der Waals surface area contributed by atoms with E-state index < -0.39 is 6.10 Å². The molecule has 3 aromatic rings. The third-order valence-corrected chi connectivity index (χ3v) is 5.47. The Morgan fingerprint density at radius 3 is 2.85 bits per heavy atom. The molecular formula is C21H19ClN4O. The molecule has 136 valence electrons. The summed E-state index contributed by atoms with van der Waals surface area (Å²) in [6.07, 6.45) is 7.04. The number of aromatic amines is 1. The Labute approximate surface area is 162 Å². The van der Waals surface area contributed by atoms with Crippen molar-refractivity contribution in [2.24, 2.45) is 0 Å². The number of rotatable bonds is 1. The number of aromatic nitrogens is 3. The first kappa shape index (κ1) is 16.5. The summed E-state index contributed by atoms with van der Waals surface area (Å²) in [6.45, 7) is 2.03. The molecule has 0 amide bonds. The lowest BCUT2D eigenvalue weighted by Crippen LogP contribution is -2.01. The fourth-order valence-electron chi connectivity index (χ4n) is 3.65. The van der Waals surface area contributed by atoms with Gasteiger partial charge in [0, 0.05) is 22.5 Å². The molecule has 5 nitrogen and oxygen atoms in total. The van der Waals surface area contributed by atoms with E-state index in [4.69, 9.17) is 11.6 Å². The zero-order chi connectivity index (χ0) is 18.5. The summed E-state index contributed by atoms with van der Waals surface area (Å²) in [5, 5.41) is 14.7. The van der Waals surface area contributed by atoms with Crippen molar-refractivity contribution < 1.29 is 5.11 Å². The van der Waals surface area contributed by atoms with Crippen LogP contribution < -0.4 is 5.32 Å². The third kappa shape index (κ3) is 2.83. The van der Waals surface area contributed by atoms with Gasteiger partial charge in [-0.25, -0.2) is 9.97 Å². The van der Waals surface area contributed by atoms with E-state index in [9.17, 15) is 5.11 Å². The molecule has 2 aliphatic rings. The molecule has 1 unspecified atom stereocenters. The molecule has 1 fully saturated rings. The molecule has 0 spiro atoms. The number of aliphatic hydroxyl groups is 1. The van der Waals surface area contributed by atoms with Crippen molar-refractivity contribution in [1.82, 2.24) is 15.0 Å². The molecule has 27 heavy (non-hydrogen) atoms. The summed E-state index contributed by atoms with van der Waals surface area (Å²) in [4.78, 5) is 12.5. The highest BCUT2D eigenvalue weighted by atomic mass is 35.5. The molecule has 3 N–H and O–H groups in total. The van der Waals surface area contributed by atoms with Gasteiger partial charge in [-0.3, -0.25) is 0 Å². The minimum atomic E-state index is -0.753. The molecule has 1 aromatic carbocycles. The Balaban J connectivity index is 1.76. The molecule has 0 saturated heterocycles. The maximum Gasteiger partial charge on any atom is 0.162 e. The Morgan fingerprint density at radius 2 is 2.04 bits per heavy atom. The summed E-state index contributed by atoms with van der Waals surface area (Å²) in [6, 6.07) is 7.64. The van der Waals surface area contributed by atoms with Gasteiger partial charge in [0.2, 0.25) is 0 Å². The summed E-state index contributed by atoms with van der Waals surface area (Å²) in [5.74, 6) is 1.64. The molecule has 5 rings (SSSR count). The monoisotopic (exact) mass is 378 g/mol. The van der Waals surface area contributed by atoms with Crippen molar-refractivity contribution in [3.8, 4) is 11.4 Å². The predicted molar refractivity (Wildman–Crippen MR) is 107 cm³/mol. The van der Waals surface area contributed by atoms with Crippen molar-refractivity contribution in [1.29, 1.82) is 0 Å². The van der Waals surface area contributed by atoms with E-state index in [-0.39, 0.29) is 0 Å². The molecule has 6 heteroatoms. The van der Waals surface area contributed by atoms with Gasteiger partial charge in [0.1, 0.15) is 5.02 Å². The van der Waals surface area contributed by atoms with E-state index in [1.165, 1.54) is 18.5 Å². The quantitative estimate of drug-likeness (QED) is 0.549. The van der Waals surface area contributed by atoms with Gasteiger partial charge < -0.3 is 15.4 Å². The number of hydrogen-bond donors (Lipinski definition) is 3. The van der Waals surface area contributed by atoms with E-state index in [1.54, 1.807) is 6.20 Å². The van der Waals surface area contributed by atoms with Gasteiger partial charge in [-0.15, -0.1) is 0 Å². The zero-order valence-corrected chi connectivity index (χ0v) is 15.6. The van der Waals surface area contributed by atoms with E-state index in [2.05, 4.69) is 20.3 Å². The molecule has 2 aromatic heterocycles. The summed E-state index contributed by atoms with van der Waals surface area (Å²) in [7, 11) is 0. The van der Waals surface area contributed by atoms with Gasteiger partial charge in [-0.2, -0.15) is 0 Å². The van der Waals surface area contributed by atoms with Crippen LogP contribution in [0.1, 0.15) is 47.4 Å². The normalized spacial score (nSPS) is 18.3. The highest BCUT2D eigenvalue weighted by Gasteiger charge is 2.30. The molecule has 2 bridgehead atoms. The highest BCUT2D eigenvalue weighted by Crippen LogP contribution is 2.45. The molecule has 0 radical (unpaired) electrons. The Bertz CT molecular complexity index is 1070. The number of hydrogen-bond acceptors (Lipinski definition) is 4. The van der Waals surface area contributed by atoms with Crippen molar-refractivity contribution in [3.05, 3.63) is 64.1 Å².